The van der Waals surface area contributed by atoms with Crippen LogP contribution in [0.2, 0.25) is 0 Å². The van der Waals surface area contributed by atoms with E-state index in [0.717, 1.165) is 71.9 Å². The van der Waals surface area contributed by atoms with E-state index in [0.29, 0.717) is 45.0 Å². The van der Waals surface area contributed by atoms with Crippen LogP contribution < -0.4 is 0 Å². The smallest absolute Gasteiger partial charge is 0.308 e. The minimum absolute atomic E-state index is 0.302. The summed E-state index contributed by atoms with van der Waals surface area (Å²) in [4.78, 5) is 7.56. The molecule has 0 radical (unpaired) electrons. The highest BCUT2D eigenvalue weighted by molar-refractivity contribution is 6.12. The third-order valence-corrected chi connectivity index (χ3v) is 11.4. The highest BCUT2D eigenvalue weighted by Gasteiger charge is 2.31. The fraction of sp³-hybridized carbons (Fsp3) is 0.0377. The van der Waals surface area contributed by atoms with Crippen LogP contribution in [0.3, 0.4) is 0 Å². The summed E-state index contributed by atoms with van der Waals surface area (Å²) in [7, 11) is 0. The van der Waals surface area contributed by atoms with Crippen LogP contribution in [0.25, 0.3) is 98.1 Å². The number of rotatable bonds is 5. The standard InChI is InChI=1S/C53H30F3N5/c1-32-24-35(26-37(25-32)53(54,55)56)36-29-51(60-47-18-10-6-14-40(47)42-22-20-33(27-49(42)60)38-12-4-8-16-45(38)58-2)44(31-57)52(30-36)61-48-19-11-7-15-41(48)43-23-21-34(28-50(43)61)39-13-5-9-17-46(39)59-3/h4-30H,1H3. The maximum Gasteiger partial charge on any atom is 0.416 e. The molecule has 2 aromatic heterocycles. The fourth-order valence-corrected chi connectivity index (χ4v) is 8.78. The Morgan fingerprint density at radius 1 is 0.492 bits per heavy atom. The third kappa shape index (κ3) is 5.99. The van der Waals surface area contributed by atoms with Gasteiger partial charge in [-0.3, -0.25) is 0 Å². The molecule has 0 amide bonds. The second-order valence-electron chi connectivity index (χ2n) is 15.0. The molecule has 0 unspecified atom stereocenters. The number of alkyl halides is 3. The zero-order valence-electron chi connectivity index (χ0n) is 32.5. The van der Waals surface area contributed by atoms with Gasteiger partial charge in [0.15, 0.2) is 11.4 Å². The van der Waals surface area contributed by atoms with Gasteiger partial charge in [-0.1, -0.05) is 115 Å². The first-order valence-corrected chi connectivity index (χ1v) is 19.4. The van der Waals surface area contributed by atoms with E-state index in [1.165, 1.54) is 6.07 Å². The highest BCUT2D eigenvalue weighted by atomic mass is 19.4. The summed E-state index contributed by atoms with van der Waals surface area (Å²) in [5.74, 6) is 0. The van der Waals surface area contributed by atoms with Crippen LogP contribution in [-0.2, 0) is 6.18 Å². The van der Waals surface area contributed by atoms with E-state index in [1.54, 1.807) is 25.1 Å². The second-order valence-corrected chi connectivity index (χ2v) is 15.0. The lowest BCUT2D eigenvalue weighted by Crippen LogP contribution is -2.07. The topological polar surface area (TPSA) is 42.4 Å². The third-order valence-electron chi connectivity index (χ3n) is 11.4. The molecule has 61 heavy (non-hydrogen) atoms. The van der Waals surface area contributed by atoms with E-state index in [2.05, 4.69) is 15.8 Å². The Kier molecular flexibility index (Phi) is 8.58. The molecule has 0 aliphatic heterocycles. The highest BCUT2D eigenvalue weighted by Crippen LogP contribution is 2.44. The predicted octanol–water partition coefficient (Wildman–Crippen LogP) is 15.2. The number of hydrogen-bond donors (Lipinski definition) is 0. The number of aryl methyl sites for hydroxylation is 1. The van der Waals surface area contributed by atoms with Gasteiger partial charge in [0.05, 0.1) is 52.1 Å². The summed E-state index contributed by atoms with van der Waals surface area (Å²) in [6.45, 7) is 17.4. The maximum absolute atomic E-state index is 14.5. The normalized spacial score (nSPS) is 11.6. The molecule has 8 aromatic carbocycles. The number of fused-ring (bicyclic) bond motifs is 6. The van der Waals surface area contributed by atoms with Crippen LogP contribution in [0.5, 0.6) is 0 Å². The van der Waals surface area contributed by atoms with E-state index in [9.17, 15) is 18.4 Å². The molecule has 0 atom stereocenters. The number of hydrogen-bond acceptors (Lipinski definition) is 1. The quantitative estimate of drug-likeness (QED) is 0.160. The van der Waals surface area contributed by atoms with Crippen molar-refractivity contribution in [3.05, 3.63) is 203 Å². The van der Waals surface area contributed by atoms with Gasteiger partial charge in [0.1, 0.15) is 11.6 Å². The number of para-hydroxylation sites is 4. The molecule has 0 aliphatic carbocycles. The van der Waals surface area contributed by atoms with Crippen LogP contribution >= 0.6 is 0 Å². The molecular formula is C53H30F3N5. The van der Waals surface area contributed by atoms with E-state index in [-0.39, 0.29) is 0 Å². The number of nitriles is 1. The van der Waals surface area contributed by atoms with Crippen molar-refractivity contribution in [2.24, 2.45) is 0 Å². The van der Waals surface area contributed by atoms with Crippen molar-refractivity contribution in [1.29, 1.82) is 5.26 Å². The van der Waals surface area contributed by atoms with Crippen molar-refractivity contribution in [3.63, 3.8) is 0 Å². The summed E-state index contributed by atoms with van der Waals surface area (Å²) < 4.78 is 47.4. The number of aromatic nitrogens is 2. The molecule has 0 N–H and O–H groups in total. The van der Waals surface area contributed by atoms with Crippen molar-refractivity contribution in [2.75, 3.05) is 0 Å². The van der Waals surface area contributed by atoms with Crippen LogP contribution in [0.1, 0.15) is 16.7 Å². The molecule has 0 bridgehead atoms. The van der Waals surface area contributed by atoms with Crippen LogP contribution in [-0.4, -0.2) is 9.13 Å². The second kappa shape index (κ2) is 14.2. The van der Waals surface area contributed by atoms with Gasteiger partial charge in [-0.05, 0) is 94.4 Å². The Morgan fingerprint density at radius 2 is 0.934 bits per heavy atom. The largest absolute Gasteiger partial charge is 0.416 e. The Bertz CT molecular complexity index is 3390. The lowest BCUT2D eigenvalue weighted by molar-refractivity contribution is -0.137. The summed E-state index contributed by atoms with van der Waals surface area (Å²) in [5.41, 5.74) is 9.01. The molecule has 10 aromatic rings. The van der Waals surface area contributed by atoms with E-state index in [1.807, 2.05) is 143 Å². The van der Waals surface area contributed by atoms with Crippen LogP contribution in [0.4, 0.5) is 24.5 Å². The fourth-order valence-electron chi connectivity index (χ4n) is 8.78. The molecule has 0 spiro atoms. The van der Waals surface area contributed by atoms with Gasteiger partial charge in [-0.25, -0.2) is 9.69 Å². The van der Waals surface area contributed by atoms with Crippen LogP contribution in [0, 0.1) is 31.4 Å². The van der Waals surface area contributed by atoms with Gasteiger partial charge in [0, 0.05) is 21.5 Å². The Labute approximate surface area is 348 Å². The first-order chi connectivity index (χ1) is 29.7. The summed E-state index contributed by atoms with van der Waals surface area (Å²) in [6, 6.07) is 52.8. The van der Waals surface area contributed by atoms with Crippen molar-refractivity contribution in [3.8, 4) is 50.8 Å². The van der Waals surface area contributed by atoms with E-state index >= 15 is 0 Å². The molecule has 0 saturated carbocycles. The van der Waals surface area contributed by atoms with Crippen molar-refractivity contribution in [2.45, 2.75) is 13.1 Å². The summed E-state index contributed by atoms with van der Waals surface area (Å²) >= 11 is 0. The van der Waals surface area contributed by atoms with Gasteiger partial charge in [-0.2, -0.15) is 18.4 Å². The first-order valence-electron chi connectivity index (χ1n) is 19.4. The molecular weight excluding hydrogens is 764 g/mol. The number of nitrogens with zero attached hydrogens (tertiary/aromatic N) is 5. The SMILES string of the molecule is [C-]#[N+]c1ccccc1-c1ccc2c3ccccc3n(-c3cc(-c4cc(C)cc(C(F)(F)F)c4)cc(-n4c5ccccc5c5ccc(-c6ccccc6[N+]#[C-])cc54)c3C#N)c2c1. The maximum atomic E-state index is 14.5. The van der Waals surface area contributed by atoms with Gasteiger partial charge < -0.3 is 9.13 Å². The molecule has 10 rings (SSSR count). The predicted molar refractivity (Wildman–Crippen MR) is 238 cm³/mol. The summed E-state index contributed by atoms with van der Waals surface area (Å²) in [5, 5.41) is 15.1. The van der Waals surface area contributed by atoms with Crippen molar-refractivity contribution in [1.82, 2.24) is 9.13 Å². The molecule has 288 valence electrons. The molecule has 2 heterocycles. The average molecular weight is 794 g/mol. The zero-order chi connectivity index (χ0) is 42.0. The van der Waals surface area contributed by atoms with E-state index in [4.69, 9.17) is 13.1 Å². The zero-order valence-corrected chi connectivity index (χ0v) is 32.5. The Balaban J connectivity index is 1.36. The average Bonchev–Trinajstić information content (AvgIpc) is 3.80. The lowest BCUT2D eigenvalue weighted by Gasteiger charge is -2.19. The van der Waals surface area contributed by atoms with Gasteiger partial charge in [-0.15, -0.1) is 0 Å². The van der Waals surface area contributed by atoms with Crippen LogP contribution in [0.15, 0.2) is 164 Å². The molecule has 8 heteroatoms. The molecule has 0 saturated heterocycles. The Morgan fingerprint density at radius 3 is 1.41 bits per heavy atom. The van der Waals surface area contributed by atoms with Gasteiger partial charge in [0.25, 0.3) is 0 Å². The van der Waals surface area contributed by atoms with Crippen molar-refractivity contribution < 1.29 is 13.2 Å². The van der Waals surface area contributed by atoms with Gasteiger partial charge in [0.2, 0.25) is 0 Å². The monoisotopic (exact) mass is 793 g/mol. The lowest BCUT2D eigenvalue weighted by atomic mass is 9.96. The van der Waals surface area contributed by atoms with E-state index < -0.39 is 11.7 Å². The van der Waals surface area contributed by atoms with Gasteiger partial charge >= 0.3 is 6.18 Å². The van der Waals surface area contributed by atoms with Crippen molar-refractivity contribution >= 4 is 55.0 Å². The number of halogens is 3. The minimum Gasteiger partial charge on any atom is -0.308 e. The summed E-state index contributed by atoms with van der Waals surface area (Å²) in [6.07, 6.45) is -4.59. The number of benzene rings is 8. The molecule has 5 nitrogen and oxygen atoms in total. The molecule has 0 aliphatic rings. The molecule has 0 fully saturated rings. The minimum atomic E-state index is -4.59. The first kappa shape index (κ1) is 36.9. The Hall–Kier alpha value is -8.38.